The van der Waals surface area contributed by atoms with Crippen molar-refractivity contribution in [1.82, 2.24) is 20.2 Å². The van der Waals surface area contributed by atoms with Gasteiger partial charge in [0.25, 0.3) is 5.91 Å². The third kappa shape index (κ3) is 6.34. The van der Waals surface area contributed by atoms with Crippen LogP contribution in [0.15, 0.2) is 12.4 Å². The molecule has 1 rings (SSSR count). The van der Waals surface area contributed by atoms with Crippen LogP contribution in [0.2, 0.25) is 0 Å². The topological polar surface area (TPSA) is 75.2 Å². The van der Waals surface area contributed by atoms with E-state index in [9.17, 15) is 9.59 Å². The Hall–Kier alpha value is -1.98. The molecule has 0 saturated carbocycles. The van der Waals surface area contributed by atoms with Crippen molar-refractivity contribution in [2.75, 3.05) is 13.1 Å². The van der Waals surface area contributed by atoms with E-state index in [2.05, 4.69) is 29.1 Å². The summed E-state index contributed by atoms with van der Waals surface area (Å²) >= 11 is 0. The minimum Gasteiger partial charge on any atom is -0.353 e. The van der Waals surface area contributed by atoms with Crippen molar-refractivity contribution in [3.63, 3.8) is 0 Å². The van der Waals surface area contributed by atoms with E-state index >= 15 is 0 Å². The maximum Gasteiger partial charge on any atom is 0.274 e. The van der Waals surface area contributed by atoms with Crippen LogP contribution in [0.3, 0.4) is 0 Å². The summed E-state index contributed by atoms with van der Waals surface area (Å²) in [6.45, 7) is 10.9. The van der Waals surface area contributed by atoms with Crippen molar-refractivity contribution in [2.45, 2.75) is 53.5 Å². The van der Waals surface area contributed by atoms with Crippen molar-refractivity contribution < 1.29 is 9.59 Å². The quantitative estimate of drug-likeness (QED) is 0.796. The number of aryl methyl sites for hydroxylation is 1. The number of hydrogen-bond donors (Lipinski definition) is 1. The van der Waals surface area contributed by atoms with E-state index in [1.54, 1.807) is 11.1 Å². The molecule has 0 aliphatic heterocycles. The standard InChI is InChI=1S/C17H28N4O2/c1-6-8-21(9-7-16(22)20-14(5)12(2)3)17(23)15-11-18-13(4)10-19-15/h10-12,14H,6-9H2,1-5H3,(H,20,22). The Morgan fingerprint density at radius 1 is 1.17 bits per heavy atom. The number of nitrogens with zero attached hydrogens (tertiary/aromatic N) is 3. The van der Waals surface area contributed by atoms with E-state index in [1.807, 2.05) is 20.8 Å². The second kappa shape index (κ2) is 9.22. The molecule has 0 bridgehead atoms. The molecule has 0 aromatic carbocycles. The van der Waals surface area contributed by atoms with E-state index in [0.29, 0.717) is 31.1 Å². The second-order valence-electron chi connectivity index (χ2n) is 6.19. The molecule has 2 amide bonds. The highest BCUT2D eigenvalue weighted by molar-refractivity contribution is 5.92. The molecule has 1 aromatic heterocycles. The Labute approximate surface area is 138 Å². The first-order valence-corrected chi connectivity index (χ1v) is 8.22. The predicted octanol–water partition coefficient (Wildman–Crippen LogP) is 2.19. The summed E-state index contributed by atoms with van der Waals surface area (Å²) in [5, 5.41) is 2.96. The highest BCUT2D eigenvalue weighted by atomic mass is 16.2. The monoisotopic (exact) mass is 320 g/mol. The summed E-state index contributed by atoms with van der Waals surface area (Å²) in [7, 11) is 0. The van der Waals surface area contributed by atoms with Crippen LogP contribution >= 0.6 is 0 Å². The van der Waals surface area contributed by atoms with Gasteiger partial charge in [-0.25, -0.2) is 4.98 Å². The first kappa shape index (κ1) is 19.1. The van der Waals surface area contributed by atoms with Gasteiger partial charge in [-0.1, -0.05) is 20.8 Å². The summed E-state index contributed by atoms with van der Waals surface area (Å²) in [6.07, 6.45) is 4.19. The molecule has 1 aromatic rings. The zero-order valence-corrected chi connectivity index (χ0v) is 14.8. The number of nitrogens with one attached hydrogen (secondary N) is 1. The molecule has 0 spiro atoms. The zero-order valence-electron chi connectivity index (χ0n) is 14.8. The van der Waals surface area contributed by atoms with Gasteiger partial charge in [-0.3, -0.25) is 14.6 Å². The summed E-state index contributed by atoms with van der Waals surface area (Å²) in [4.78, 5) is 34.4. The molecule has 0 saturated heterocycles. The van der Waals surface area contributed by atoms with E-state index in [4.69, 9.17) is 0 Å². The van der Waals surface area contributed by atoms with Crippen LogP contribution in [0.5, 0.6) is 0 Å². The van der Waals surface area contributed by atoms with Gasteiger partial charge < -0.3 is 10.2 Å². The SMILES string of the molecule is CCCN(CCC(=O)NC(C)C(C)C)C(=O)c1cnc(C)cn1. The van der Waals surface area contributed by atoms with Gasteiger partial charge in [0.1, 0.15) is 5.69 Å². The average Bonchev–Trinajstić information content (AvgIpc) is 2.51. The Morgan fingerprint density at radius 2 is 1.87 bits per heavy atom. The molecule has 0 aliphatic carbocycles. The molecule has 6 heteroatoms. The van der Waals surface area contributed by atoms with Gasteiger partial charge in [-0.05, 0) is 26.2 Å². The normalized spacial score (nSPS) is 12.1. The molecular weight excluding hydrogens is 292 g/mol. The first-order valence-electron chi connectivity index (χ1n) is 8.22. The van der Waals surface area contributed by atoms with Gasteiger partial charge in [0.2, 0.25) is 5.91 Å². The van der Waals surface area contributed by atoms with E-state index in [0.717, 1.165) is 12.1 Å². The van der Waals surface area contributed by atoms with Crippen LogP contribution < -0.4 is 5.32 Å². The molecule has 128 valence electrons. The molecule has 6 nitrogen and oxygen atoms in total. The lowest BCUT2D eigenvalue weighted by molar-refractivity contribution is -0.122. The third-order valence-corrected chi connectivity index (χ3v) is 3.78. The van der Waals surface area contributed by atoms with E-state index in [-0.39, 0.29) is 17.9 Å². The van der Waals surface area contributed by atoms with Crippen LogP contribution in [0.4, 0.5) is 0 Å². The van der Waals surface area contributed by atoms with Crippen LogP contribution in [0.25, 0.3) is 0 Å². The number of hydrogen-bond acceptors (Lipinski definition) is 4. The van der Waals surface area contributed by atoms with Crippen LogP contribution in [-0.4, -0.2) is 45.8 Å². The molecule has 1 N–H and O–H groups in total. The van der Waals surface area contributed by atoms with Crippen LogP contribution in [0, 0.1) is 12.8 Å². The van der Waals surface area contributed by atoms with Crippen molar-refractivity contribution in [2.24, 2.45) is 5.92 Å². The van der Waals surface area contributed by atoms with Crippen molar-refractivity contribution in [1.29, 1.82) is 0 Å². The molecule has 0 aliphatic rings. The highest BCUT2D eigenvalue weighted by Gasteiger charge is 2.18. The number of aromatic nitrogens is 2. The fourth-order valence-electron chi connectivity index (χ4n) is 1.98. The predicted molar refractivity (Wildman–Crippen MR) is 90.0 cm³/mol. The van der Waals surface area contributed by atoms with Gasteiger partial charge in [-0.15, -0.1) is 0 Å². The van der Waals surface area contributed by atoms with Gasteiger partial charge in [0.05, 0.1) is 11.9 Å². The molecular formula is C17H28N4O2. The molecule has 1 atom stereocenters. The molecule has 23 heavy (non-hydrogen) atoms. The average molecular weight is 320 g/mol. The van der Waals surface area contributed by atoms with Crippen molar-refractivity contribution >= 4 is 11.8 Å². The van der Waals surface area contributed by atoms with Crippen molar-refractivity contribution in [3.05, 3.63) is 23.8 Å². The summed E-state index contributed by atoms with van der Waals surface area (Å²) in [6, 6.07) is 0.126. The Balaban J connectivity index is 2.62. The van der Waals surface area contributed by atoms with Gasteiger partial charge in [0.15, 0.2) is 0 Å². The maximum absolute atomic E-state index is 12.5. The number of amides is 2. The van der Waals surface area contributed by atoms with Crippen LogP contribution in [0.1, 0.15) is 56.7 Å². The lowest BCUT2D eigenvalue weighted by Gasteiger charge is -2.22. The van der Waals surface area contributed by atoms with Crippen molar-refractivity contribution in [3.8, 4) is 0 Å². The number of carbonyl (C=O) groups excluding carboxylic acids is 2. The second-order valence-corrected chi connectivity index (χ2v) is 6.19. The fourth-order valence-corrected chi connectivity index (χ4v) is 1.98. The lowest BCUT2D eigenvalue weighted by atomic mass is 10.1. The Morgan fingerprint density at radius 3 is 2.39 bits per heavy atom. The number of carbonyl (C=O) groups is 2. The van der Waals surface area contributed by atoms with Gasteiger partial charge in [0, 0.05) is 31.7 Å². The largest absolute Gasteiger partial charge is 0.353 e. The van der Waals surface area contributed by atoms with E-state index in [1.165, 1.54) is 6.20 Å². The number of rotatable bonds is 8. The first-order chi connectivity index (χ1) is 10.8. The molecule has 0 fully saturated rings. The van der Waals surface area contributed by atoms with Gasteiger partial charge in [-0.2, -0.15) is 0 Å². The molecule has 1 unspecified atom stereocenters. The maximum atomic E-state index is 12.5. The van der Waals surface area contributed by atoms with Gasteiger partial charge >= 0.3 is 0 Å². The smallest absolute Gasteiger partial charge is 0.274 e. The highest BCUT2D eigenvalue weighted by Crippen LogP contribution is 2.05. The van der Waals surface area contributed by atoms with Crippen LogP contribution in [-0.2, 0) is 4.79 Å². The lowest BCUT2D eigenvalue weighted by Crippen LogP contribution is -2.40. The molecule has 0 radical (unpaired) electrons. The summed E-state index contributed by atoms with van der Waals surface area (Å²) in [5.41, 5.74) is 1.09. The summed E-state index contributed by atoms with van der Waals surface area (Å²) < 4.78 is 0. The minimum atomic E-state index is -0.177. The summed E-state index contributed by atoms with van der Waals surface area (Å²) in [5.74, 6) is 0.175. The van der Waals surface area contributed by atoms with E-state index < -0.39 is 0 Å². The minimum absolute atomic E-state index is 0.0323. The third-order valence-electron chi connectivity index (χ3n) is 3.78. The zero-order chi connectivity index (χ0) is 17.4. The Kier molecular flexibility index (Phi) is 7.65. The Bertz CT molecular complexity index is 514. The molecule has 1 heterocycles. The fraction of sp³-hybridized carbons (Fsp3) is 0.647.